The first kappa shape index (κ1) is 10.4. The minimum atomic E-state index is -0.604. The molecule has 3 saturated carbocycles. The Labute approximate surface area is 86.9 Å². The number of rotatable bonds is 1. The second-order valence-electron chi connectivity index (χ2n) is 6.43. The van der Waals surface area contributed by atoms with Gasteiger partial charge < -0.3 is 10.8 Å². The highest BCUT2D eigenvalue weighted by Gasteiger charge is 2.58. The summed E-state index contributed by atoms with van der Waals surface area (Å²) in [6.45, 7) is 8.45. The van der Waals surface area contributed by atoms with Crippen LogP contribution in [0.15, 0.2) is 0 Å². The van der Waals surface area contributed by atoms with Crippen molar-refractivity contribution >= 4 is 0 Å². The Morgan fingerprint density at radius 2 is 1.86 bits per heavy atom. The quantitative estimate of drug-likeness (QED) is 0.673. The molecule has 3 rings (SSSR count). The van der Waals surface area contributed by atoms with E-state index in [0.717, 1.165) is 12.3 Å². The average molecular weight is 197 g/mol. The molecular formula is C12H23NO. The number of hydrogen-bond donors (Lipinski definition) is 2. The van der Waals surface area contributed by atoms with Crippen LogP contribution in [0, 0.1) is 23.2 Å². The van der Waals surface area contributed by atoms with Gasteiger partial charge in [0, 0.05) is 12.0 Å². The summed E-state index contributed by atoms with van der Waals surface area (Å²) < 4.78 is 0. The summed E-state index contributed by atoms with van der Waals surface area (Å²) in [4.78, 5) is 0. The molecule has 3 fully saturated rings. The predicted octanol–water partition coefficient (Wildman–Crippen LogP) is 1.77. The molecule has 0 aromatic heterocycles. The van der Waals surface area contributed by atoms with Gasteiger partial charge >= 0.3 is 0 Å². The van der Waals surface area contributed by atoms with E-state index < -0.39 is 5.60 Å². The topological polar surface area (TPSA) is 46.2 Å². The van der Waals surface area contributed by atoms with Crippen molar-refractivity contribution in [3.63, 3.8) is 0 Å². The SMILES string of the molecule is CC(C)(O)C1CC2CC(C1N)C2(C)C. The molecule has 2 bridgehead atoms. The van der Waals surface area contributed by atoms with Gasteiger partial charge in [-0.2, -0.15) is 0 Å². The molecule has 0 aromatic carbocycles. The molecule has 3 N–H and O–H groups in total. The van der Waals surface area contributed by atoms with Gasteiger partial charge in [-0.25, -0.2) is 0 Å². The first-order valence-electron chi connectivity index (χ1n) is 5.72. The molecule has 4 unspecified atom stereocenters. The van der Waals surface area contributed by atoms with E-state index in [-0.39, 0.29) is 6.04 Å². The number of hydrogen-bond acceptors (Lipinski definition) is 2. The zero-order chi connectivity index (χ0) is 10.7. The first-order chi connectivity index (χ1) is 6.24. The third kappa shape index (κ3) is 1.24. The van der Waals surface area contributed by atoms with E-state index in [4.69, 9.17) is 5.73 Å². The molecule has 2 nitrogen and oxygen atoms in total. The van der Waals surface area contributed by atoms with Crippen molar-refractivity contribution in [1.82, 2.24) is 0 Å². The van der Waals surface area contributed by atoms with Crippen LogP contribution in [0.25, 0.3) is 0 Å². The zero-order valence-corrected chi connectivity index (χ0v) is 9.75. The second kappa shape index (κ2) is 2.73. The lowest BCUT2D eigenvalue weighted by atomic mass is 9.44. The van der Waals surface area contributed by atoms with Crippen LogP contribution in [0.1, 0.15) is 40.5 Å². The minimum absolute atomic E-state index is 0.190. The molecule has 3 aliphatic carbocycles. The van der Waals surface area contributed by atoms with Crippen molar-refractivity contribution in [2.75, 3.05) is 0 Å². The molecule has 14 heavy (non-hydrogen) atoms. The van der Waals surface area contributed by atoms with Crippen LogP contribution in [-0.2, 0) is 0 Å². The molecule has 0 aliphatic heterocycles. The van der Waals surface area contributed by atoms with Gasteiger partial charge in [0.05, 0.1) is 5.60 Å². The number of fused-ring (bicyclic) bond motifs is 2. The Balaban J connectivity index is 2.16. The Kier molecular flexibility index (Phi) is 2.04. The molecule has 0 aromatic rings. The van der Waals surface area contributed by atoms with Crippen molar-refractivity contribution in [1.29, 1.82) is 0 Å². The van der Waals surface area contributed by atoms with Crippen LogP contribution in [0.5, 0.6) is 0 Å². The summed E-state index contributed by atoms with van der Waals surface area (Å²) in [5, 5.41) is 10.0. The third-order valence-electron chi connectivity index (χ3n) is 4.92. The lowest BCUT2D eigenvalue weighted by Gasteiger charge is -2.63. The van der Waals surface area contributed by atoms with E-state index in [9.17, 15) is 5.11 Å². The maximum Gasteiger partial charge on any atom is 0.0634 e. The summed E-state index contributed by atoms with van der Waals surface area (Å²) in [7, 11) is 0. The van der Waals surface area contributed by atoms with E-state index in [2.05, 4.69) is 13.8 Å². The van der Waals surface area contributed by atoms with E-state index in [1.54, 1.807) is 0 Å². The van der Waals surface area contributed by atoms with E-state index in [1.807, 2.05) is 13.8 Å². The normalized spacial score (nSPS) is 45.9. The van der Waals surface area contributed by atoms with E-state index in [0.29, 0.717) is 17.3 Å². The lowest BCUT2D eigenvalue weighted by molar-refractivity contribution is -0.148. The highest BCUT2D eigenvalue weighted by atomic mass is 16.3. The summed E-state index contributed by atoms with van der Waals surface area (Å²) in [6.07, 6.45) is 2.38. The molecule has 0 radical (unpaired) electrons. The van der Waals surface area contributed by atoms with Crippen LogP contribution >= 0.6 is 0 Å². The largest absolute Gasteiger partial charge is 0.390 e. The summed E-state index contributed by atoms with van der Waals surface area (Å²) >= 11 is 0. The highest BCUT2D eigenvalue weighted by Crippen LogP contribution is 2.61. The molecule has 0 heterocycles. The van der Waals surface area contributed by atoms with Gasteiger partial charge in [-0.1, -0.05) is 13.8 Å². The summed E-state index contributed by atoms with van der Waals surface area (Å²) in [6, 6.07) is 0.190. The monoisotopic (exact) mass is 197 g/mol. The van der Waals surface area contributed by atoms with Crippen LogP contribution in [0.2, 0.25) is 0 Å². The van der Waals surface area contributed by atoms with Crippen LogP contribution in [0.4, 0.5) is 0 Å². The van der Waals surface area contributed by atoms with Gasteiger partial charge in [0.2, 0.25) is 0 Å². The zero-order valence-electron chi connectivity index (χ0n) is 9.75. The van der Waals surface area contributed by atoms with Crippen LogP contribution in [-0.4, -0.2) is 16.7 Å². The highest BCUT2D eigenvalue weighted by molar-refractivity contribution is 5.10. The summed E-state index contributed by atoms with van der Waals surface area (Å²) in [5.41, 5.74) is 6.08. The van der Waals surface area contributed by atoms with Gasteiger partial charge in [0.25, 0.3) is 0 Å². The lowest BCUT2D eigenvalue weighted by Crippen LogP contribution is -2.64. The van der Waals surface area contributed by atoms with Crippen LogP contribution in [0.3, 0.4) is 0 Å². The average Bonchev–Trinajstić information content (AvgIpc) is 2.01. The van der Waals surface area contributed by atoms with Gasteiger partial charge in [-0.05, 0) is 43.9 Å². The molecular weight excluding hydrogens is 174 g/mol. The fraction of sp³-hybridized carbons (Fsp3) is 1.00. The molecule has 0 amide bonds. The Bertz CT molecular complexity index is 241. The molecule has 4 atom stereocenters. The van der Waals surface area contributed by atoms with Gasteiger partial charge in [-0.15, -0.1) is 0 Å². The maximum atomic E-state index is 10.0. The van der Waals surface area contributed by atoms with Crippen molar-refractivity contribution in [3.8, 4) is 0 Å². The van der Waals surface area contributed by atoms with Crippen LogP contribution < -0.4 is 5.73 Å². The van der Waals surface area contributed by atoms with E-state index in [1.165, 1.54) is 6.42 Å². The van der Waals surface area contributed by atoms with E-state index >= 15 is 0 Å². The Morgan fingerprint density at radius 1 is 1.29 bits per heavy atom. The predicted molar refractivity (Wildman–Crippen MR) is 57.8 cm³/mol. The molecule has 82 valence electrons. The van der Waals surface area contributed by atoms with Gasteiger partial charge in [0.1, 0.15) is 0 Å². The smallest absolute Gasteiger partial charge is 0.0634 e. The Morgan fingerprint density at radius 3 is 2.21 bits per heavy atom. The first-order valence-corrected chi connectivity index (χ1v) is 5.72. The standard InChI is InChI=1S/C12H23NO/c1-11(2)7-5-8(11)10(13)9(6-7)12(3,4)14/h7-10,14H,5-6,13H2,1-4H3. The van der Waals surface area contributed by atoms with Crippen molar-refractivity contribution in [3.05, 3.63) is 0 Å². The molecule has 0 saturated heterocycles. The minimum Gasteiger partial charge on any atom is -0.390 e. The molecule has 0 spiro atoms. The van der Waals surface area contributed by atoms with Crippen molar-refractivity contribution < 1.29 is 5.11 Å². The second-order valence-corrected chi connectivity index (χ2v) is 6.43. The fourth-order valence-electron chi connectivity index (χ4n) is 3.61. The fourth-order valence-corrected chi connectivity index (χ4v) is 3.61. The molecule has 3 aliphatic rings. The van der Waals surface area contributed by atoms with Gasteiger partial charge in [0.15, 0.2) is 0 Å². The van der Waals surface area contributed by atoms with Crippen molar-refractivity contribution in [2.24, 2.45) is 28.9 Å². The number of aliphatic hydroxyl groups is 1. The Hall–Kier alpha value is -0.0800. The van der Waals surface area contributed by atoms with Gasteiger partial charge in [-0.3, -0.25) is 0 Å². The van der Waals surface area contributed by atoms with Crippen molar-refractivity contribution in [2.45, 2.75) is 52.2 Å². The number of nitrogens with two attached hydrogens (primary N) is 1. The molecule has 2 heteroatoms. The maximum absolute atomic E-state index is 10.0. The third-order valence-corrected chi connectivity index (χ3v) is 4.92. The summed E-state index contributed by atoms with van der Waals surface area (Å²) in [5.74, 6) is 1.70.